The Balaban J connectivity index is 1.68. The summed E-state index contributed by atoms with van der Waals surface area (Å²) in [5.74, 6) is -0.485. The first-order valence-electron chi connectivity index (χ1n) is 9.46. The quantitative estimate of drug-likeness (QED) is 0.649. The van der Waals surface area contributed by atoms with E-state index in [1.807, 2.05) is 36.4 Å². The summed E-state index contributed by atoms with van der Waals surface area (Å²) < 4.78 is 0. The van der Waals surface area contributed by atoms with Gasteiger partial charge in [-0.15, -0.1) is 0 Å². The van der Waals surface area contributed by atoms with Crippen LogP contribution in [0.2, 0.25) is 0 Å². The van der Waals surface area contributed by atoms with Crippen molar-refractivity contribution in [1.29, 1.82) is 0 Å². The summed E-state index contributed by atoms with van der Waals surface area (Å²) in [4.78, 5) is 21.4. The average molecular weight is 368 g/mol. The Bertz CT molecular complexity index is 751. The third-order valence-electron chi connectivity index (χ3n) is 5.17. The van der Waals surface area contributed by atoms with Crippen LogP contribution in [0.15, 0.2) is 48.7 Å². The number of benzene rings is 1. The van der Waals surface area contributed by atoms with Gasteiger partial charge in [-0.3, -0.25) is 15.0 Å². The van der Waals surface area contributed by atoms with Crippen LogP contribution < -0.4 is 4.90 Å². The van der Waals surface area contributed by atoms with Crippen LogP contribution in [0.25, 0.3) is 0 Å². The Hall–Kier alpha value is -2.44. The second-order valence-electron chi connectivity index (χ2n) is 7.28. The molecule has 1 saturated heterocycles. The minimum Gasteiger partial charge on any atom is -0.371 e. The SMILES string of the molecule is CN(C)C1CCCN(c2ccnc(C(=O)N(O)Cc3ccccc3)c2)CC1. The molecular weight excluding hydrogens is 340 g/mol. The van der Waals surface area contributed by atoms with Crippen molar-refractivity contribution in [2.24, 2.45) is 0 Å². The number of hydrogen-bond acceptors (Lipinski definition) is 5. The normalized spacial score (nSPS) is 17.6. The van der Waals surface area contributed by atoms with Crippen molar-refractivity contribution in [3.05, 3.63) is 59.9 Å². The Labute approximate surface area is 161 Å². The molecule has 0 radical (unpaired) electrons. The van der Waals surface area contributed by atoms with Crippen LogP contribution in [0.3, 0.4) is 0 Å². The predicted molar refractivity (Wildman–Crippen MR) is 106 cm³/mol. The van der Waals surface area contributed by atoms with Crippen LogP contribution in [0.5, 0.6) is 0 Å². The van der Waals surface area contributed by atoms with Crippen LogP contribution in [-0.2, 0) is 6.54 Å². The molecule has 1 fully saturated rings. The molecule has 1 aromatic heterocycles. The summed E-state index contributed by atoms with van der Waals surface area (Å²) in [6.07, 6.45) is 5.04. The fraction of sp³-hybridized carbons (Fsp3) is 0.429. The van der Waals surface area contributed by atoms with Gasteiger partial charge in [0, 0.05) is 31.0 Å². The first-order chi connectivity index (χ1) is 13.0. The minimum absolute atomic E-state index is 0.139. The summed E-state index contributed by atoms with van der Waals surface area (Å²) in [6.45, 7) is 2.06. The molecule has 1 unspecified atom stereocenters. The Morgan fingerprint density at radius 1 is 1.19 bits per heavy atom. The lowest BCUT2D eigenvalue weighted by Gasteiger charge is -2.25. The number of rotatable bonds is 5. The summed E-state index contributed by atoms with van der Waals surface area (Å²) in [6, 6.07) is 13.7. The molecule has 0 bridgehead atoms. The van der Waals surface area contributed by atoms with Gasteiger partial charge < -0.3 is 9.80 Å². The third kappa shape index (κ3) is 5.05. The highest BCUT2D eigenvalue weighted by molar-refractivity contribution is 5.92. The fourth-order valence-electron chi connectivity index (χ4n) is 3.55. The third-order valence-corrected chi connectivity index (χ3v) is 5.17. The molecule has 2 aromatic rings. The van der Waals surface area contributed by atoms with Crippen LogP contribution >= 0.6 is 0 Å². The van der Waals surface area contributed by atoms with Crippen LogP contribution in [0, 0.1) is 0 Å². The van der Waals surface area contributed by atoms with E-state index in [2.05, 4.69) is 28.9 Å². The molecule has 0 spiro atoms. The number of amides is 1. The molecule has 1 amide bonds. The van der Waals surface area contributed by atoms with Crippen molar-refractivity contribution in [3.8, 4) is 0 Å². The highest BCUT2D eigenvalue weighted by Gasteiger charge is 2.21. The average Bonchev–Trinajstić information content (AvgIpc) is 2.95. The van der Waals surface area contributed by atoms with Gasteiger partial charge in [-0.2, -0.15) is 0 Å². The topological polar surface area (TPSA) is 59.9 Å². The Morgan fingerprint density at radius 3 is 2.70 bits per heavy atom. The molecule has 0 aliphatic carbocycles. The molecule has 1 N–H and O–H groups in total. The van der Waals surface area contributed by atoms with Gasteiger partial charge in [-0.05, 0) is 51.1 Å². The standard InChI is InChI=1S/C21H28N4O2/c1-23(2)18-9-6-13-24(14-11-18)19-10-12-22-20(15-19)21(26)25(27)16-17-7-4-3-5-8-17/h3-5,7-8,10,12,15,18,27H,6,9,11,13-14,16H2,1-2H3. The highest BCUT2D eigenvalue weighted by Crippen LogP contribution is 2.22. The number of carbonyl (C=O) groups excluding carboxylic acids is 1. The van der Waals surface area contributed by atoms with Crippen LogP contribution in [-0.4, -0.2) is 59.3 Å². The molecule has 144 valence electrons. The number of hydrogen-bond donors (Lipinski definition) is 1. The molecule has 1 aliphatic heterocycles. The van der Waals surface area contributed by atoms with E-state index in [-0.39, 0.29) is 12.2 Å². The van der Waals surface area contributed by atoms with E-state index in [4.69, 9.17) is 0 Å². The van der Waals surface area contributed by atoms with E-state index in [1.54, 1.807) is 12.3 Å². The van der Waals surface area contributed by atoms with Gasteiger partial charge in [0.2, 0.25) is 0 Å². The van der Waals surface area contributed by atoms with E-state index in [0.717, 1.165) is 42.2 Å². The molecule has 27 heavy (non-hydrogen) atoms. The monoisotopic (exact) mass is 368 g/mol. The number of carbonyl (C=O) groups is 1. The maximum absolute atomic E-state index is 12.6. The summed E-state index contributed by atoms with van der Waals surface area (Å²) >= 11 is 0. The molecule has 1 aromatic carbocycles. The minimum atomic E-state index is -0.485. The summed E-state index contributed by atoms with van der Waals surface area (Å²) in [7, 11) is 4.26. The van der Waals surface area contributed by atoms with Crippen molar-refractivity contribution in [2.75, 3.05) is 32.1 Å². The van der Waals surface area contributed by atoms with Crippen molar-refractivity contribution >= 4 is 11.6 Å². The highest BCUT2D eigenvalue weighted by atomic mass is 16.5. The largest absolute Gasteiger partial charge is 0.371 e. The number of pyridine rings is 1. The molecule has 2 heterocycles. The van der Waals surface area contributed by atoms with E-state index < -0.39 is 5.91 Å². The molecular formula is C21H28N4O2. The van der Waals surface area contributed by atoms with Crippen LogP contribution in [0.4, 0.5) is 5.69 Å². The van der Waals surface area contributed by atoms with Crippen molar-refractivity contribution < 1.29 is 10.0 Å². The first kappa shape index (κ1) is 19.3. The summed E-state index contributed by atoms with van der Waals surface area (Å²) in [5.41, 5.74) is 2.12. The zero-order chi connectivity index (χ0) is 19.2. The van der Waals surface area contributed by atoms with E-state index in [1.165, 1.54) is 6.42 Å². The lowest BCUT2D eigenvalue weighted by Crippen LogP contribution is -2.30. The lowest BCUT2D eigenvalue weighted by atomic mass is 10.1. The number of hydroxylamine groups is 2. The molecule has 0 saturated carbocycles. The van der Waals surface area contributed by atoms with Gasteiger partial charge in [0.15, 0.2) is 0 Å². The zero-order valence-corrected chi connectivity index (χ0v) is 16.1. The molecule has 1 atom stereocenters. The molecule has 3 rings (SSSR count). The van der Waals surface area contributed by atoms with Crippen LogP contribution in [0.1, 0.15) is 35.3 Å². The van der Waals surface area contributed by atoms with E-state index in [9.17, 15) is 10.0 Å². The zero-order valence-electron chi connectivity index (χ0n) is 16.1. The Morgan fingerprint density at radius 2 is 1.96 bits per heavy atom. The van der Waals surface area contributed by atoms with E-state index >= 15 is 0 Å². The molecule has 6 nitrogen and oxygen atoms in total. The Kier molecular flexibility index (Phi) is 6.42. The van der Waals surface area contributed by atoms with E-state index in [0.29, 0.717) is 6.04 Å². The maximum atomic E-state index is 12.6. The smallest absolute Gasteiger partial charge is 0.296 e. The molecule has 1 aliphatic rings. The van der Waals surface area contributed by atoms with Gasteiger partial charge in [0.25, 0.3) is 5.91 Å². The number of nitrogens with zero attached hydrogens (tertiary/aromatic N) is 4. The van der Waals surface area contributed by atoms with Crippen molar-refractivity contribution in [2.45, 2.75) is 31.8 Å². The van der Waals surface area contributed by atoms with Crippen molar-refractivity contribution in [1.82, 2.24) is 14.9 Å². The first-order valence-corrected chi connectivity index (χ1v) is 9.46. The van der Waals surface area contributed by atoms with Gasteiger partial charge in [-0.1, -0.05) is 30.3 Å². The van der Waals surface area contributed by atoms with Gasteiger partial charge in [0.1, 0.15) is 5.69 Å². The molecule has 6 heteroatoms. The van der Waals surface area contributed by atoms with Gasteiger partial charge >= 0.3 is 0 Å². The second-order valence-corrected chi connectivity index (χ2v) is 7.28. The maximum Gasteiger partial charge on any atom is 0.296 e. The lowest BCUT2D eigenvalue weighted by molar-refractivity contribution is -0.0652. The number of aromatic nitrogens is 1. The van der Waals surface area contributed by atoms with Crippen molar-refractivity contribution in [3.63, 3.8) is 0 Å². The number of anilines is 1. The van der Waals surface area contributed by atoms with Gasteiger partial charge in [0.05, 0.1) is 6.54 Å². The fourth-order valence-corrected chi connectivity index (χ4v) is 3.55. The van der Waals surface area contributed by atoms with Gasteiger partial charge in [-0.25, -0.2) is 5.06 Å². The predicted octanol–water partition coefficient (Wildman–Crippen LogP) is 3.03. The second kappa shape index (κ2) is 8.97. The summed E-state index contributed by atoms with van der Waals surface area (Å²) in [5, 5.41) is 10.9.